The maximum absolute atomic E-state index is 4.98. The molecule has 1 N–H and O–H groups in total. The van der Waals surface area contributed by atoms with Gasteiger partial charge in [0.25, 0.3) is 0 Å². The SMILES string of the molecule is Cn1c(-c2ccncn2)n[nH]c1=S. The van der Waals surface area contributed by atoms with Crippen molar-refractivity contribution in [1.29, 1.82) is 0 Å². The highest BCUT2D eigenvalue weighted by molar-refractivity contribution is 7.71. The monoisotopic (exact) mass is 193 g/mol. The molecule has 0 saturated heterocycles. The summed E-state index contributed by atoms with van der Waals surface area (Å²) in [5, 5.41) is 6.73. The Morgan fingerprint density at radius 3 is 2.92 bits per heavy atom. The molecule has 0 saturated carbocycles. The largest absolute Gasteiger partial charge is 0.302 e. The molecule has 0 aliphatic carbocycles. The van der Waals surface area contributed by atoms with E-state index in [9.17, 15) is 0 Å². The van der Waals surface area contributed by atoms with Gasteiger partial charge < -0.3 is 4.57 Å². The molecule has 0 aliphatic rings. The van der Waals surface area contributed by atoms with Gasteiger partial charge in [-0.15, -0.1) is 0 Å². The average molecular weight is 193 g/mol. The van der Waals surface area contributed by atoms with E-state index in [0.29, 0.717) is 10.6 Å². The summed E-state index contributed by atoms with van der Waals surface area (Å²) in [6, 6.07) is 1.78. The van der Waals surface area contributed by atoms with E-state index in [1.165, 1.54) is 6.33 Å². The molecular weight excluding hydrogens is 186 g/mol. The molecule has 0 aromatic carbocycles. The number of rotatable bonds is 1. The van der Waals surface area contributed by atoms with E-state index in [2.05, 4.69) is 20.2 Å². The molecule has 0 spiro atoms. The van der Waals surface area contributed by atoms with Crippen LogP contribution < -0.4 is 0 Å². The lowest BCUT2D eigenvalue weighted by Gasteiger charge is -1.96. The molecule has 66 valence electrons. The second kappa shape index (κ2) is 3.06. The van der Waals surface area contributed by atoms with Crippen molar-refractivity contribution < 1.29 is 0 Å². The molecule has 5 nitrogen and oxygen atoms in total. The van der Waals surface area contributed by atoms with Gasteiger partial charge in [-0.3, -0.25) is 5.10 Å². The van der Waals surface area contributed by atoms with Gasteiger partial charge in [0.05, 0.1) is 0 Å². The Morgan fingerprint density at radius 1 is 1.54 bits per heavy atom. The summed E-state index contributed by atoms with van der Waals surface area (Å²) in [6.07, 6.45) is 3.15. The Kier molecular flexibility index (Phi) is 1.90. The standard InChI is InChI=1S/C7H7N5S/c1-12-6(10-11-7(12)13)5-2-3-8-4-9-5/h2-4H,1H3,(H,11,13). The third-order valence-electron chi connectivity index (χ3n) is 1.69. The van der Waals surface area contributed by atoms with E-state index in [-0.39, 0.29) is 0 Å². The smallest absolute Gasteiger partial charge is 0.195 e. The fourth-order valence-electron chi connectivity index (χ4n) is 0.999. The van der Waals surface area contributed by atoms with Crippen LogP contribution in [0.25, 0.3) is 11.5 Å². The number of hydrogen-bond donors (Lipinski definition) is 1. The molecule has 13 heavy (non-hydrogen) atoms. The average Bonchev–Trinajstić information content (AvgIpc) is 2.49. The highest BCUT2D eigenvalue weighted by Crippen LogP contribution is 2.10. The number of nitrogens with one attached hydrogen (secondary N) is 1. The first kappa shape index (κ1) is 8.06. The fourth-order valence-corrected chi connectivity index (χ4v) is 1.13. The molecule has 0 amide bonds. The molecule has 0 aliphatic heterocycles. The van der Waals surface area contributed by atoms with Crippen LogP contribution in [-0.4, -0.2) is 24.7 Å². The molecule has 2 heterocycles. The lowest BCUT2D eigenvalue weighted by atomic mass is 10.4. The molecule has 0 fully saturated rings. The van der Waals surface area contributed by atoms with Crippen molar-refractivity contribution in [3.63, 3.8) is 0 Å². The molecule has 2 rings (SSSR count). The lowest BCUT2D eigenvalue weighted by Crippen LogP contribution is -1.94. The summed E-state index contributed by atoms with van der Waals surface area (Å²) in [4.78, 5) is 7.89. The summed E-state index contributed by atoms with van der Waals surface area (Å²) in [5.41, 5.74) is 0.754. The number of H-pyrrole nitrogens is 1. The molecule has 0 bridgehead atoms. The molecule has 0 radical (unpaired) electrons. The first-order valence-corrected chi connectivity index (χ1v) is 4.07. The Hall–Kier alpha value is -1.56. The van der Waals surface area contributed by atoms with Crippen molar-refractivity contribution in [2.75, 3.05) is 0 Å². The maximum atomic E-state index is 4.98. The van der Waals surface area contributed by atoms with Gasteiger partial charge in [0, 0.05) is 13.2 Å². The first-order valence-electron chi connectivity index (χ1n) is 3.67. The maximum Gasteiger partial charge on any atom is 0.195 e. The number of nitrogens with zero attached hydrogens (tertiary/aromatic N) is 4. The van der Waals surface area contributed by atoms with Gasteiger partial charge in [-0.05, 0) is 18.3 Å². The number of hydrogen-bond acceptors (Lipinski definition) is 4. The van der Waals surface area contributed by atoms with Crippen molar-refractivity contribution in [2.24, 2.45) is 7.05 Å². The zero-order valence-corrected chi connectivity index (χ0v) is 7.75. The third-order valence-corrected chi connectivity index (χ3v) is 2.06. The van der Waals surface area contributed by atoms with E-state index < -0.39 is 0 Å². The van der Waals surface area contributed by atoms with Crippen LogP contribution >= 0.6 is 12.2 Å². The van der Waals surface area contributed by atoms with Crippen LogP contribution in [0.2, 0.25) is 0 Å². The van der Waals surface area contributed by atoms with Gasteiger partial charge in [-0.1, -0.05) is 0 Å². The van der Waals surface area contributed by atoms with E-state index in [1.54, 1.807) is 16.8 Å². The minimum Gasteiger partial charge on any atom is -0.302 e. The molecule has 6 heteroatoms. The topological polar surface area (TPSA) is 59.4 Å². The van der Waals surface area contributed by atoms with Crippen LogP contribution in [0.3, 0.4) is 0 Å². The van der Waals surface area contributed by atoms with Crippen LogP contribution in [0, 0.1) is 4.77 Å². The predicted molar refractivity (Wildman–Crippen MR) is 49.4 cm³/mol. The minimum atomic E-state index is 0.577. The van der Waals surface area contributed by atoms with Gasteiger partial charge in [0.2, 0.25) is 0 Å². The van der Waals surface area contributed by atoms with Gasteiger partial charge >= 0.3 is 0 Å². The highest BCUT2D eigenvalue weighted by Gasteiger charge is 2.05. The quantitative estimate of drug-likeness (QED) is 0.684. The van der Waals surface area contributed by atoms with Crippen molar-refractivity contribution in [3.8, 4) is 11.5 Å². The Labute approximate surface area is 79.5 Å². The Balaban J connectivity index is 2.60. The summed E-state index contributed by atoms with van der Waals surface area (Å²) in [5.74, 6) is 0.715. The normalized spacial score (nSPS) is 10.2. The zero-order valence-electron chi connectivity index (χ0n) is 6.93. The van der Waals surface area contributed by atoms with E-state index in [1.807, 2.05) is 7.05 Å². The highest BCUT2D eigenvalue weighted by atomic mass is 32.1. The molecule has 2 aromatic rings. The van der Waals surface area contributed by atoms with Crippen LogP contribution in [0.5, 0.6) is 0 Å². The van der Waals surface area contributed by atoms with Gasteiger partial charge in [-0.2, -0.15) is 5.10 Å². The van der Waals surface area contributed by atoms with Crippen molar-refractivity contribution in [3.05, 3.63) is 23.4 Å². The Bertz CT molecular complexity index is 457. The van der Waals surface area contributed by atoms with E-state index in [4.69, 9.17) is 12.2 Å². The minimum absolute atomic E-state index is 0.577. The van der Waals surface area contributed by atoms with Gasteiger partial charge in [-0.25, -0.2) is 9.97 Å². The van der Waals surface area contributed by atoms with Crippen molar-refractivity contribution >= 4 is 12.2 Å². The first-order chi connectivity index (χ1) is 6.29. The Morgan fingerprint density at radius 2 is 2.38 bits per heavy atom. The molecule has 2 aromatic heterocycles. The number of aromatic nitrogens is 5. The van der Waals surface area contributed by atoms with Gasteiger partial charge in [0.1, 0.15) is 12.0 Å². The van der Waals surface area contributed by atoms with Crippen molar-refractivity contribution in [2.45, 2.75) is 0 Å². The lowest BCUT2D eigenvalue weighted by molar-refractivity contribution is 0.895. The van der Waals surface area contributed by atoms with Crippen LogP contribution in [0.1, 0.15) is 0 Å². The van der Waals surface area contributed by atoms with Gasteiger partial charge in [0.15, 0.2) is 10.6 Å². The zero-order chi connectivity index (χ0) is 9.26. The second-order valence-corrected chi connectivity index (χ2v) is 2.89. The summed E-state index contributed by atoms with van der Waals surface area (Å²) >= 11 is 4.98. The van der Waals surface area contributed by atoms with Crippen molar-refractivity contribution in [1.82, 2.24) is 24.7 Å². The fraction of sp³-hybridized carbons (Fsp3) is 0.143. The third kappa shape index (κ3) is 1.35. The summed E-state index contributed by atoms with van der Waals surface area (Å²) in [7, 11) is 1.84. The van der Waals surface area contributed by atoms with E-state index in [0.717, 1.165) is 5.69 Å². The summed E-state index contributed by atoms with van der Waals surface area (Å²) < 4.78 is 2.34. The van der Waals surface area contributed by atoms with Crippen LogP contribution in [-0.2, 0) is 7.05 Å². The van der Waals surface area contributed by atoms with Crippen LogP contribution in [0.15, 0.2) is 18.6 Å². The molecule has 0 unspecified atom stereocenters. The van der Waals surface area contributed by atoms with E-state index >= 15 is 0 Å². The second-order valence-electron chi connectivity index (χ2n) is 2.51. The molecular formula is C7H7N5S. The number of aromatic amines is 1. The predicted octanol–water partition coefficient (Wildman–Crippen LogP) is 0.935. The van der Waals surface area contributed by atoms with Crippen LogP contribution in [0.4, 0.5) is 0 Å². The molecule has 0 atom stereocenters. The summed E-state index contributed by atoms with van der Waals surface area (Å²) in [6.45, 7) is 0.